The number of carbonyl (C=O) groups excluding carboxylic acids is 1. The van der Waals surface area contributed by atoms with Crippen molar-refractivity contribution in [2.45, 2.75) is 31.6 Å². The number of nitriles is 1. The molecule has 0 spiro atoms. The predicted molar refractivity (Wildman–Crippen MR) is 79.5 cm³/mol. The van der Waals surface area contributed by atoms with Crippen LogP contribution in [0.15, 0.2) is 23.2 Å². The molecule has 2 rings (SSSR count). The van der Waals surface area contributed by atoms with Crippen LogP contribution in [-0.4, -0.2) is 34.6 Å². The molecule has 0 N–H and O–H groups in total. The van der Waals surface area contributed by atoms with Gasteiger partial charge in [0.1, 0.15) is 5.69 Å². The topological polar surface area (TPSA) is 57.0 Å². The Morgan fingerprint density at radius 1 is 1.55 bits per heavy atom. The zero-order valence-electron chi connectivity index (χ0n) is 11.9. The van der Waals surface area contributed by atoms with Crippen LogP contribution < -0.4 is 0 Å². The van der Waals surface area contributed by atoms with Crippen molar-refractivity contribution in [3.63, 3.8) is 0 Å². The molecule has 4 nitrogen and oxygen atoms in total. The van der Waals surface area contributed by atoms with Crippen LogP contribution in [0.1, 0.15) is 37.2 Å². The minimum absolute atomic E-state index is 0.0125. The van der Waals surface area contributed by atoms with Crippen molar-refractivity contribution in [3.8, 4) is 6.07 Å². The van der Waals surface area contributed by atoms with Crippen molar-refractivity contribution in [1.29, 1.82) is 5.26 Å². The smallest absolute Gasteiger partial charge is 0.273 e. The van der Waals surface area contributed by atoms with Gasteiger partial charge in [0.2, 0.25) is 0 Å². The molecule has 2 heterocycles. The molecule has 1 amide bonds. The molecule has 1 fully saturated rings. The van der Waals surface area contributed by atoms with E-state index >= 15 is 0 Å². The molecule has 106 valence electrons. The summed E-state index contributed by atoms with van der Waals surface area (Å²) in [7, 11) is 0. The first kappa shape index (κ1) is 14.9. The molecule has 1 aliphatic rings. The Kier molecular flexibility index (Phi) is 4.66. The molecule has 20 heavy (non-hydrogen) atoms. The number of aromatic nitrogens is 1. The van der Waals surface area contributed by atoms with E-state index in [1.165, 1.54) is 0 Å². The molecular formula is C15H19N3OS. The maximum absolute atomic E-state index is 12.6. The van der Waals surface area contributed by atoms with Crippen LogP contribution in [0.25, 0.3) is 0 Å². The van der Waals surface area contributed by atoms with Crippen LogP contribution in [0.4, 0.5) is 0 Å². The van der Waals surface area contributed by atoms with Crippen LogP contribution in [0.3, 0.4) is 0 Å². The van der Waals surface area contributed by atoms with Gasteiger partial charge in [0.05, 0.1) is 11.5 Å². The summed E-state index contributed by atoms with van der Waals surface area (Å²) in [4.78, 5) is 19.6. The zero-order chi connectivity index (χ0) is 14.6. The molecule has 0 aromatic carbocycles. The van der Waals surface area contributed by atoms with E-state index in [2.05, 4.69) is 18.0 Å². The third-order valence-electron chi connectivity index (χ3n) is 3.70. The normalized spacial score (nSPS) is 17.6. The number of piperidine rings is 1. The molecule has 1 aliphatic heterocycles. The van der Waals surface area contributed by atoms with Gasteiger partial charge in [-0.3, -0.25) is 4.79 Å². The van der Waals surface area contributed by atoms with Gasteiger partial charge < -0.3 is 4.90 Å². The van der Waals surface area contributed by atoms with E-state index < -0.39 is 0 Å². The molecule has 0 atom stereocenters. The van der Waals surface area contributed by atoms with Gasteiger partial charge in [0, 0.05) is 24.2 Å². The van der Waals surface area contributed by atoms with Gasteiger partial charge in [-0.2, -0.15) is 5.26 Å². The lowest BCUT2D eigenvalue weighted by Gasteiger charge is -2.34. The number of nitrogens with zero attached hydrogens (tertiary/aromatic N) is 3. The molecular weight excluding hydrogens is 270 g/mol. The van der Waals surface area contributed by atoms with Crippen molar-refractivity contribution in [2.24, 2.45) is 5.41 Å². The zero-order valence-corrected chi connectivity index (χ0v) is 12.7. The molecule has 0 unspecified atom stereocenters. The maximum atomic E-state index is 12.6. The predicted octanol–water partition coefficient (Wildman–Crippen LogP) is 2.96. The molecule has 0 radical (unpaired) electrons. The highest BCUT2D eigenvalue weighted by molar-refractivity contribution is 7.99. The Morgan fingerprint density at radius 3 is 2.85 bits per heavy atom. The Hall–Kier alpha value is -1.54. The number of hydrogen-bond acceptors (Lipinski definition) is 4. The lowest BCUT2D eigenvalue weighted by Crippen LogP contribution is -2.42. The average Bonchev–Trinajstić information content (AvgIpc) is 2.48. The Morgan fingerprint density at radius 2 is 2.25 bits per heavy atom. The minimum Gasteiger partial charge on any atom is -0.337 e. The van der Waals surface area contributed by atoms with Crippen LogP contribution in [0.2, 0.25) is 0 Å². The number of rotatable bonds is 3. The maximum Gasteiger partial charge on any atom is 0.273 e. The molecule has 5 heteroatoms. The lowest BCUT2D eigenvalue weighted by atomic mass is 9.82. The monoisotopic (exact) mass is 289 g/mol. The molecule has 1 saturated heterocycles. The van der Waals surface area contributed by atoms with Gasteiger partial charge >= 0.3 is 0 Å². The van der Waals surface area contributed by atoms with Crippen molar-refractivity contribution in [1.82, 2.24) is 9.88 Å². The second kappa shape index (κ2) is 6.27. The fourth-order valence-electron chi connectivity index (χ4n) is 2.29. The van der Waals surface area contributed by atoms with Crippen molar-refractivity contribution in [2.75, 3.05) is 18.8 Å². The molecule has 0 saturated carbocycles. The minimum atomic E-state index is -0.290. The molecule has 0 aliphatic carbocycles. The number of carbonyl (C=O) groups is 1. The van der Waals surface area contributed by atoms with E-state index in [-0.39, 0.29) is 11.3 Å². The van der Waals surface area contributed by atoms with Crippen molar-refractivity contribution >= 4 is 17.7 Å². The summed E-state index contributed by atoms with van der Waals surface area (Å²) in [6, 6.07) is 6.15. The summed E-state index contributed by atoms with van der Waals surface area (Å²) in [5.74, 6) is 0.903. The highest BCUT2D eigenvalue weighted by Gasteiger charge is 2.32. The summed E-state index contributed by atoms with van der Waals surface area (Å²) in [5.41, 5.74) is 0.252. The number of likely N-dealkylation sites (tertiary alicyclic amines) is 1. The quantitative estimate of drug-likeness (QED) is 0.803. The standard InChI is InChI=1S/C15H19N3OS/c1-3-20-12-5-4-8-17-13(12)14(19)18-9-6-15(2,11-16)7-10-18/h4-5,8H,3,6-7,9-10H2,1-2H3. The number of hydrogen-bond donors (Lipinski definition) is 0. The SMILES string of the molecule is CCSc1cccnc1C(=O)N1CCC(C)(C#N)CC1. The van der Waals surface area contributed by atoms with Gasteiger partial charge in [-0.05, 0) is 37.7 Å². The summed E-state index contributed by atoms with van der Waals surface area (Å²) >= 11 is 1.64. The van der Waals surface area contributed by atoms with E-state index in [0.717, 1.165) is 23.5 Å². The summed E-state index contributed by atoms with van der Waals surface area (Å²) in [5, 5.41) is 9.14. The second-order valence-electron chi connectivity index (χ2n) is 5.25. The second-order valence-corrected chi connectivity index (χ2v) is 6.55. The average molecular weight is 289 g/mol. The fourth-order valence-corrected chi connectivity index (χ4v) is 3.05. The summed E-state index contributed by atoms with van der Waals surface area (Å²) in [6.45, 7) is 5.30. The first-order valence-corrected chi connectivity index (χ1v) is 7.86. The third kappa shape index (κ3) is 3.13. The molecule has 1 aromatic heterocycles. The first-order chi connectivity index (χ1) is 9.59. The van der Waals surface area contributed by atoms with Gasteiger partial charge in [0.15, 0.2) is 0 Å². The van der Waals surface area contributed by atoms with Gasteiger partial charge in [-0.15, -0.1) is 11.8 Å². The number of pyridine rings is 1. The van der Waals surface area contributed by atoms with E-state index in [4.69, 9.17) is 5.26 Å². The fraction of sp³-hybridized carbons (Fsp3) is 0.533. The Balaban J connectivity index is 2.12. The molecule has 0 bridgehead atoms. The summed E-state index contributed by atoms with van der Waals surface area (Å²) in [6.07, 6.45) is 3.13. The van der Waals surface area contributed by atoms with E-state index in [1.54, 1.807) is 18.0 Å². The van der Waals surface area contributed by atoms with Gasteiger partial charge in [-0.25, -0.2) is 4.98 Å². The van der Waals surface area contributed by atoms with Crippen LogP contribution >= 0.6 is 11.8 Å². The number of amides is 1. The summed E-state index contributed by atoms with van der Waals surface area (Å²) < 4.78 is 0. The van der Waals surface area contributed by atoms with Crippen LogP contribution in [0, 0.1) is 16.7 Å². The lowest BCUT2D eigenvalue weighted by molar-refractivity contribution is 0.0652. The Bertz CT molecular complexity index is 530. The van der Waals surface area contributed by atoms with Crippen molar-refractivity contribution < 1.29 is 4.79 Å². The largest absolute Gasteiger partial charge is 0.337 e. The van der Waals surface area contributed by atoms with Gasteiger partial charge in [0.25, 0.3) is 5.91 Å². The van der Waals surface area contributed by atoms with E-state index in [1.807, 2.05) is 24.0 Å². The van der Waals surface area contributed by atoms with E-state index in [0.29, 0.717) is 18.8 Å². The van der Waals surface area contributed by atoms with E-state index in [9.17, 15) is 4.79 Å². The highest BCUT2D eigenvalue weighted by Crippen LogP contribution is 2.31. The Labute approximate surface area is 124 Å². The van der Waals surface area contributed by atoms with Crippen LogP contribution in [0.5, 0.6) is 0 Å². The van der Waals surface area contributed by atoms with Crippen molar-refractivity contribution in [3.05, 3.63) is 24.0 Å². The van der Waals surface area contributed by atoms with Gasteiger partial charge in [-0.1, -0.05) is 6.92 Å². The molecule has 1 aromatic rings. The number of thioether (sulfide) groups is 1. The third-order valence-corrected chi connectivity index (χ3v) is 4.63. The van der Waals surface area contributed by atoms with Crippen LogP contribution in [-0.2, 0) is 0 Å². The first-order valence-electron chi connectivity index (χ1n) is 6.88. The highest BCUT2D eigenvalue weighted by atomic mass is 32.2.